The first kappa shape index (κ1) is 14.5. The Labute approximate surface area is 112 Å². The van der Waals surface area contributed by atoms with Crippen LogP contribution in [0.2, 0.25) is 5.02 Å². The Bertz CT molecular complexity index is 421. The fourth-order valence-electron chi connectivity index (χ4n) is 1.37. The van der Waals surface area contributed by atoms with Gasteiger partial charge in [-0.3, -0.25) is 9.59 Å². The molecule has 0 aliphatic rings. The molecule has 18 heavy (non-hydrogen) atoms. The minimum Gasteiger partial charge on any atom is -0.348 e. The van der Waals surface area contributed by atoms with Crippen LogP contribution in [0.3, 0.4) is 0 Å². The van der Waals surface area contributed by atoms with E-state index < -0.39 is 11.8 Å². The second-order valence-corrected chi connectivity index (χ2v) is 4.36. The number of hydrogen-bond acceptors (Lipinski definition) is 2. The summed E-state index contributed by atoms with van der Waals surface area (Å²) in [7, 11) is 0. The van der Waals surface area contributed by atoms with E-state index in [1.807, 2.05) is 13.0 Å². The van der Waals surface area contributed by atoms with Crippen LogP contribution in [0.1, 0.15) is 25.3 Å². The van der Waals surface area contributed by atoms with E-state index >= 15 is 0 Å². The molecule has 4 nitrogen and oxygen atoms in total. The molecule has 0 saturated carbocycles. The predicted molar refractivity (Wildman–Crippen MR) is 71.2 cm³/mol. The Kier molecular flexibility index (Phi) is 6.22. The molecule has 0 spiro atoms. The highest BCUT2D eigenvalue weighted by atomic mass is 35.5. The maximum atomic E-state index is 11.4. The summed E-state index contributed by atoms with van der Waals surface area (Å²) < 4.78 is 0. The predicted octanol–water partition coefficient (Wildman–Crippen LogP) is 1.87. The zero-order chi connectivity index (χ0) is 13.4. The topological polar surface area (TPSA) is 58.2 Å². The number of nitrogens with one attached hydrogen (secondary N) is 2. The van der Waals surface area contributed by atoms with Crippen molar-refractivity contribution in [2.75, 3.05) is 6.54 Å². The van der Waals surface area contributed by atoms with Gasteiger partial charge in [0.05, 0.1) is 0 Å². The molecule has 0 bridgehead atoms. The third-order valence-corrected chi connectivity index (χ3v) is 2.60. The summed E-state index contributed by atoms with van der Waals surface area (Å²) >= 11 is 5.82. The van der Waals surface area contributed by atoms with Gasteiger partial charge in [-0.25, -0.2) is 0 Å². The lowest BCUT2D eigenvalue weighted by molar-refractivity contribution is -0.139. The van der Waals surface area contributed by atoms with E-state index in [1.165, 1.54) is 0 Å². The number of halogens is 1. The summed E-state index contributed by atoms with van der Waals surface area (Å²) in [5.41, 5.74) is 0.859. The SMILES string of the molecule is CCCCNC(=O)C(=O)NCc1cccc(Cl)c1. The van der Waals surface area contributed by atoms with Crippen LogP contribution in [-0.4, -0.2) is 18.4 Å². The molecule has 0 fully saturated rings. The van der Waals surface area contributed by atoms with Gasteiger partial charge in [0.2, 0.25) is 0 Å². The Morgan fingerprint density at radius 1 is 1.22 bits per heavy atom. The summed E-state index contributed by atoms with van der Waals surface area (Å²) in [6.07, 6.45) is 1.84. The molecule has 0 atom stereocenters. The van der Waals surface area contributed by atoms with Gasteiger partial charge in [-0.2, -0.15) is 0 Å². The second kappa shape index (κ2) is 7.71. The van der Waals surface area contributed by atoms with Crippen molar-refractivity contribution in [3.8, 4) is 0 Å². The number of amides is 2. The number of carbonyl (C=O) groups excluding carboxylic acids is 2. The molecule has 1 rings (SSSR count). The van der Waals surface area contributed by atoms with Gasteiger partial charge in [0, 0.05) is 18.1 Å². The van der Waals surface area contributed by atoms with Crippen LogP contribution in [0.15, 0.2) is 24.3 Å². The Morgan fingerprint density at radius 2 is 1.94 bits per heavy atom. The van der Waals surface area contributed by atoms with Gasteiger partial charge < -0.3 is 10.6 Å². The molecule has 0 saturated heterocycles. The summed E-state index contributed by atoms with van der Waals surface area (Å²) in [6.45, 7) is 2.84. The quantitative estimate of drug-likeness (QED) is 0.633. The van der Waals surface area contributed by atoms with Gasteiger partial charge in [0.25, 0.3) is 0 Å². The normalized spacial score (nSPS) is 9.89. The lowest BCUT2D eigenvalue weighted by atomic mass is 10.2. The number of rotatable bonds is 5. The van der Waals surface area contributed by atoms with E-state index in [9.17, 15) is 9.59 Å². The number of hydrogen-bond donors (Lipinski definition) is 2. The second-order valence-electron chi connectivity index (χ2n) is 3.92. The van der Waals surface area contributed by atoms with Crippen LogP contribution in [0.4, 0.5) is 0 Å². The first-order valence-corrected chi connectivity index (χ1v) is 6.31. The van der Waals surface area contributed by atoms with Crippen LogP contribution >= 0.6 is 11.6 Å². The molecule has 0 aliphatic carbocycles. The molecule has 0 heterocycles. The third kappa shape index (κ3) is 5.19. The maximum absolute atomic E-state index is 11.4. The highest BCUT2D eigenvalue weighted by molar-refractivity contribution is 6.35. The number of carbonyl (C=O) groups is 2. The van der Waals surface area contributed by atoms with E-state index in [0.29, 0.717) is 18.1 Å². The molecule has 1 aromatic carbocycles. The minimum atomic E-state index is -0.619. The van der Waals surface area contributed by atoms with Crippen LogP contribution in [0.5, 0.6) is 0 Å². The van der Waals surface area contributed by atoms with Crippen LogP contribution in [-0.2, 0) is 16.1 Å². The van der Waals surface area contributed by atoms with Crippen LogP contribution < -0.4 is 10.6 Å². The van der Waals surface area contributed by atoms with Gasteiger partial charge >= 0.3 is 11.8 Å². The molecule has 2 amide bonds. The summed E-state index contributed by atoms with van der Waals surface area (Å²) in [6, 6.07) is 7.13. The molecular weight excluding hydrogens is 252 g/mol. The highest BCUT2D eigenvalue weighted by Gasteiger charge is 2.11. The van der Waals surface area contributed by atoms with Gasteiger partial charge in [-0.1, -0.05) is 37.1 Å². The molecule has 0 aliphatic heterocycles. The maximum Gasteiger partial charge on any atom is 0.309 e. The monoisotopic (exact) mass is 268 g/mol. The number of unbranched alkanes of at least 4 members (excludes halogenated alkanes) is 1. The molecule has 98 valence electrons. The van der Waals surface area contributed by atoms with E-state index in [1.54, 1.807) is 18.2 Å². The molecule has 0 aromatic heterocycles. The van der Waals surface area contributed by atoms with Crippen molar-refractivity contribution in [1.29, 1.82) is 0 Å². The van der Waals surface area contributed by atoms with Crippen molar-refractivity contribution in [1.82, 2.24) is 10.6 Å². The fourth-order valence-corrected chi connectivity index (χ4v) is 1.58. The van der Waals surface area contributed by atoms with Gasteiger partial charge in [-0.05, 0) is 24.1 Å². The fraction of sp³-hybridized carbons (Fsp3) is 0.385. The van der Waals surface area contributed by atoms with E-state index in [4.69, 9.17) is 11.6 Å². The molecule has 0 radical (unpaired) electrons. The molecule has 5 heteroatoms. The summed E-state index contributed by atoms with van der Waals surface area (Å²) in [4.78, 5) is 22.8. The van der Waals surface area contributed by atoms with E-state index in [-0.39, 0.29) is 0 Å². The Morgan fingerprint density at radius 3 is 2.61 bits per heavy atom. The van der Waals surface area contributed by atoms with Crippen molar-refractivity contribution in [3.63, 3.8) is 0 Å². The smallest absolute Gasteiger partial charge is 0.309 e. The van der Waals surface area contributed by atoms with Gasteiger partial charge in [0.15, 0.2) is 0 Å². The van der Waals surface area contributed by atoms with Gasteiger partial charge in [0.1, 0.15) is 0 Å². The zero-order valence-electron chi connectivity index (χ0n) is 10.3. The molecule has 0 unspecified atom stereocenters. The molecular formula is C13H17ClN2O2. The summed E-state index contributed by atoms with van der Waals surface area (Å²) in [5, 5.41) is 5.70. The minimum absolute atomic E-state index is 0.292. The van der Waals surface area contributed by atoms with Crippen molar-refractivity contribution < 1.29 is 9.59 Å². The average Bonchev–Trinajstić information content (AvgIpc) is 2.36. The van der Waals surface area contributed by atoms with Crippen molar-refractivity contribution in [2.24, 2.45) is 0 Å². The highest BCUT2D eigenvalue weighted by Crippen LogP contribution is 2.10. The van der Waals surface area contributed by atoms with Gasteiger partial charge in [-0.15, -0.1) is 0 Å². The Hall–Kier alpha value is -1.55. The first-order chi connectivity index (χ1) is 8.63. The summed E-state index contributed by atoms with van der Waals surface area (Å²) in [5.74, 6) is -1.21. The lowest BCUT2D eigenvalue weighted by Gasteiger charge is -2.06. The molecule has 2 N–H and O–H groups in total. The van der Waals surface area contributed by atoms with Crippen molar-refractivity contribution in [3.05, 3.63) is 34.9 Å². The van der Waals surface area contributed by atoms with Crippen LogP contribution in [0.25, 0.3) is 0 Å². The van der Waals surface area contributed by atoms with E-state index in [0.717, 1.165) is 18.4 Å². The average molecular weight is 269 g/mol. The van der Waals surface area contributed by atoms with Crippen molar-refractivity contribution in [2.45, 2.75) is 26.3 Å². The van der Waals surface area contributed by atoms with E-state index in [2.05, 4.69) is 10.6 Å². The third-order valence-electron chi connectivity index (χ3n) is 2.36. The zero-order valence-corrected chi connectivity index (χ0v) is 11.1. The standard InChI is InChI=1S/C13H17ClN2O2/c1-2-3-7-15-12(17)13(18)16-9-10-5-4-6-11(14)8-10/h4-6,8H,2-3,7,9H2,1H3,(H,15,17)(H,16,18). The number of benzene rings is 1. The largest absolute Gasteiger partial charge is 0.348 e. The Balaban J connectivity index is 2.34. The molecule has 1 aromatic rings. The first-order valence-electron chi connectivity index (χ1n) is 5.94. The van der Waals surface area contributed by atoms with Crippen molar-refractivity contribution >= 4 is 23.4 Å². The lowest BCUT2D eigenvalue weighted by Crippen LogP contribution is -2.39. The van der Waals surface area contributed by atoms with Crippen LogP contribution in [0, 0.1) is 0 Å².